The molecular weight excluding hydrogens is 280 g/mol. The number of aromatic nitrogens is 2. The molecule has 1 unspecified atom stereocenters. The highest BCUT2D eigenvalue weighted by atomic mass is 32.2. The molecule has 1 aliphatic carbocycles. The summed E-state index contributed by atoms with van der Waals surface area (Å²) in [6, 6.07) is 0. The van der Waals surface area contributed by atoms with E-state index >= 15 is 0 Å². The summed E-state index contributed by atoms with van der Waals surface area (Å²) in [5.41, 5.74) is 1.87. The monoisotopic (exact) mass is 308 g/mol. The zero-order valence-corrected chi connectivity index (χ0v) is 14.6. The van der Waals surface area contributed by atoms with Crippen molar-refractivity contribution in [2.75, 3.05) is 5.75 Å². The van der Waals surface area contributed by atoms with Crippen LogP contribution in [0.2, 0.25) is 0 Å². The predicted molar refractivity (Wildman–Crippen MR) is 90.1 cm³/mol. The standard InChI is InChI=1S/C17H28N2OS/c1-11(2)10-21-17-18-15(13(4)16(20)19-17)12(3)14-8-6-5-7-9-14/h11-12,14H,5-10H2,1-4H3,(H,18,19,20). The Bertz CT molecular complexity index is 518. The average Bonchev–Trinajstić information content (AvgIpc) is 2.48. The van der Waals surface area contributed by atoms with Gasteiger partial charge in [0, 0.05) is 17.2 Å². The second kappa shape index (κ2) is 7.48. The highest BCUT2D eigenvalue weighted by Gasteiger charge is 2.25. The first-order valence-corrected chi connectivity index (χ1v) is 9.21. The van der Waals surface area contributed by atoms with Crippen LogP contribution < -0.4 is 5.56 Å². The van der Waals surface area contributed by atoms with Gasteiger partial charge in [0.05, 0.1) is 5.69 Å². The summed E-state index contributed by atoms with van der Waals surface area (Å²) in [5.74, 6) is 2.67. The van der Waals surface area contributed by atoms with E-state index < -0.39 is 0 Å². The number of hydrogen-bond acceptors (Lipinski definition) is 3. The van der Waals surface area contributed by atoms with Crippen molar-refractivity contribution in [1.29, 1.82) is 0 Å². The SMILES string of the molecule is Cc1c(C(C)C2CCCCC2)nc(SCC(C)C)[nH]c1=O. The molecule has 1 fully saturated rings. The van der Waals surface area contributed by atoms with Crippen LogP contribution in [-0.4, -0.2) is 15.7 Å². The molecule has 4 heteroatoms. The third-order valence-electron chi connectivity index (χ3n) is 4.51. The van der Waals surface area contributed by atoms with Gasteiger partial charge in [-0.05, 0) is 31.6 Å². The fourth-order valence-electron chi connectivity index (χ4n) is 3.14. The van der Waals surface area contributed by atoms with E-state index in [-0.39, 0.29) is 5.56 Å². The minimum absolute atomic E-state index is 0.0360. The number of H-pyrrole nitrogens is 1. The fourth-order valence-corrected chi connectivity index (χ4v) is 3.96. The van der Waals surface area contributed by atoms with Crippen LogP contribution in [0.4, 0.5) is 0 Å². The summed E-state index contributed by atoms with van der Waals surface area (Å²) >= 11 is 1.66. The molecule has 1 saturated carbocycles. The van der Waals surface area contributed by atoms with Crippen LogP contribution >= 0.6 is 11.8 Å². The largest absolute Gasteiger partial charge is 0.301 e. The summed E-state index contributed by atoms with van der Waals surface area (Å²) in [6.45, 7) is 8.54. The maximum atomic E-state index is 12.2. The summed E-state index contributed by atoms with van der Waals surface area (Å²) in [6.07, 6.45) is 6.58. The molecule has 0 bridgehead atoms. The molecular formula is C17H28N2OS. The highest BCUT2D eigenvalue weighted by Crippen LogP contribution is 2.35. The van der Waals surface area contributed by atoms with Gasteiger partial charge in [0.15, 0.2) is 5.16 Å². The summed E-state index contributed by atoms with van der Waals surface area (Å²) in [4.78, 5) is 19.9. The van der Waals surface area contributed by atoms with Gasteiger partial charge >= 0.3 is 0 Å². The number of nitrogens with one attached hydrogen (secondary N) is 1. The van der Waals surface area contributed by atoms with Crippen molar-refractivity contribution in [2.45, 2.75) is 70.9 Å². The molecule has 1 N–H and O–H groups in total. The topological polar surface area (TPSA) is 45.8 Å². The Morgan fingerprint density at radius 1 is 1.24 bits per heavy atom. The van der Waals surface area contributed by atoms with Gasteiger partial charge in [0.1, 0.15) is 0 Å². The quantitative estimate of drug-likeness (QED) is 0.643. The Morgan fingerprint density at radius 2 is 1.90 bits per heavy atom. The van der Waals surface area contributed by atoms with Crippen molar-refractivity contribution >= 4 is 11.8 Å². The Kier molecular flexibility index (Phi) is 5.91. The van der Waals surface area contributed by atoms with Crippen LogP contribution in [0.15, 0.2) is 9.95 Å². The first kappa shape index (κ1) is 16.6. The van der Waals surface area contributed by atoms with E-state index in [1.54, 1.807) is 11.8 Å². The molecule has 21 heavy (non-hydrogen) atoms. The van der Waals surface area contributed by atoms with Crippen LogP contribution in [0.25, 0.3) is 0 Å². The molecule has 1 heterocycles. The van der Waals surface area contributed by atoms with E-state index in [1.165, 1.54) is 32.1 Å². The van der Waals surface area contributed by atoms with Gasteiger partial charge in [-0.1, -0.05) is 51.8 Å². The molecule has 2 rings (SSSR count). The molecule has 1 aromatic rings. The second-order valence-corrected chi connectivity index (χ2v) is 7.78. The molecule has 0 amide bonds. The summed E-state index contributed by atoms with van der Waals surface area (Å²) in [7, 11) is 0. The van der Waals surface area contributed by atoms with Gasteiger partial charge in [0.2, 0.25) is 0 Å². The number of aromatic amines is 1. The average molecular weight is 308 g/mol. The number of hydrogen-bond donors (Lipinski definition) is 1. The molecule has 0 radical (unpaired) electrons. The Hall–Kier alpha value is -0.770. The number of thioether (sulfide) groups is 1. The van der Waals surface area contributed by atoms with Gasteiger partial charge in [-0.2, -0.15) is 0 Å². The van der Waals surface area contributed by atoms with Gasteiger partial charge in [-0.15, -0.1) is 0 Å². The lowest BCUT2D eigenvalue weighted by molar-refractivity contribution is 0.311. The fraction of sp³-hybridized carbons (Fsp3) is 0.765. The van der Waals surface area contributed by atoms with Crippen molar-refractivity contribution in [3.05, 3.63) is 21.6 Å². The van der Waals surface area contributed by atoms with E-state index in [4.69, 9.17) is 4.98 Å². The third kappa shape index (κ3) is 4.35. The van der Waals surface area contributed by atoms with Crippen molar-refractivity contribution in [1.82, 2.24) is 9.97 Å². The highest BCUT2D eigenvalue weighted by molar-refractivity contribution is 7.99. The number of rotatable bonds is 5. The first-order chi connectivity index (χ1) is 9.99. The van der Waals surface area contributed by atoms with Crippen molar-refractivity contribution in [3.63, 3.8) is 0 Å². The van der Waals surface area contributed by atoms with Crippen LogP contribution in [-0.2, 0) is 0 Å². The third-order valence-corrected chi connectivity index (χ3v) is 5.81. The zero-order valence-electron chi connectivity index (χ0n) is 13.7. The van der Waals surface area contributed by atoms with E-state index in [0.717, 1.165) is 22.2 Å². The first-order valence-electron chi connectivity index (χ1n) is 8.22. The van der Waals surface area contributed by atoms with Crippen LogP contribution in [0.3, 0.4) is 0 Å². The second-order valence-electron chi connectivity index (χ2n) is 6.77. The van der Waals surface area contributed by atoms with Gasteiger partial charge < -0.3 is 4.98 Å². The van der Waals surface area contributed by atoms with Crippen LogP contribution in [0.5, 0.6) is 0 Å². The molecule has 0 saturated heterocycles. The Labute approximate surface area is 132 Å². The predicted octanol–water partition coefficient (Wildman–Crippen LogP) is 4.51. The minimum Gasteiger partial charge on any atom is -0.301 e. The lowest BCUT2D eigenvalue weighted by atomic mass is 9.79. The van der Waals surface area contributed by atoms with Crippen LogP contribution in [0.1, 0.15) is 70.1 Å². The normalized spacial score (nSPS) is 18.1. The van der Waals surface area contributed by atoms with E-state index in [9.17, 15) is 4.79 Å². The molecule has 0 aromatic carbocycles. The zero-order chi connectivity index (χ0) is 15.4. The lowest BCUT2D eigenvalue weighted by Crippen LogP contribution is -2.22. The van der Waals surface area contributed by atoms with Gasteiger partial charge in [-0.25, -0.2) is 4.98 Å². The molecule has 1 aliphatic rings. The van der Waals surface area contributed by atoms with Crippen molar-refractivity contribution in [2.24, 2.45) is 11.8 Å². The number of nitrogens with zero attached hydrogens (tertiary/aromatic N) is 1. The lowest BCUT2D eigenvalue weighted by Gasteiger charge is -2.28. The molecule has 0 aliphatic heterocycles. The molecule has 0 spiro atoms. The Balaban J connectivity index is 2.22. The van der Waals surface area contributed by atoms with Crippen molar-refractivity contribution in [3.8, 4) is 0 Å². The smallest absolute Gasteiger partial charge is 0.254 e. The van der Waals surface area contributed by atoms with E-state index in [2.05, 4.69) is 25.8 Å². The Morgan fingerprint density at radius 3 is 2.52 bits per heavy atom. The molecule has 1 atom stereocenters. The molecule has 1 aromatic heterocycles. The van der Waals surface area contributed by atoms with E-state index in [0.29, 0.717) is 17.8 Å². The van der Waals surface area contributed by atoms with Crippen LogP contribution in [0, 0.1) is 18.8 Å². The maximum absolute atomic E-state index is 12.2. The van der Waals surface area contributed by atoms with Crippen molar-refractivity contribution < 1.29 is 0 Å². The van der Waals surface area contributed by atoms with E-state index in [1.807, 2.05) is 6.92 Å². The molecule has 118 valence electrons. The maximum Gasteiger partial charge on any atom is 0.254 e. The minimum atomic E-state index is 0.0360. The van der Waals surface area contributed by atoms with Gasteiger partial charge in [0.25, 0.3) is 5.56 Å². The summed E-state index contributed by atoms with van der Waals surface area (Å²) in [5, 5.41) is 0.789. The molecule has 3 nitrogen and oxygen atoms in total. The van der Waals surface area contributed by atoms with Gasteiger partial charge in [-0.3, -0.25) is 4.79 Å². The summed E-state index contributed by atoms with van der Waals surface area (Å²) < 4.78 is 0.